The summed E-state index contributed by atoms with van der Waals surface area (Å²) in [6.07, 6.45) is 2.94. The van der Waals surface area contributed by atoms with Crippen LogP contribution < -0.4 is 9.47 Å². The standard InChI is InChI=1S/C41H46O6/c1-10-25(4)26-13-17-30-31-18-14-27(40(5,11-2)12-3)24-35(31)41(34(30)21-26,28-15-19-36(44-6)32(22-28)38(42)46-8)29-16-20-37(45-7)33(23-29)39(43)47-9/h13-25H,10-12H2,1-9H3. The highest BCUT2D eigenvalue weighted by molar-refractivity contribution is 5.95. The maximum absolute atomic E-state index is 13.2. The number of benzene rings is 4. The molecule has 1 atom stereocenters. The third-order valence-electron chi connectivity index (χ3n) is 10.7. The Morgan fingerprint density at radius 3 is 1.62 bits per heavy atom. The Bertz CT molecular complexity index is 1750. The van der Waals surface area contributed by atoms with Gasteiger partial charge in [0.2, 0.25) is 0 Å². The van der Waals surface area contributed by atoms with Gasteiger partial charge in [0.05, 0.1) is 33.9 Å². The van der Waals surface area contributed by atoms with Crippen molar-refractivity contribution in [2.24, 2.45) is 0 Å². The molecule has 0 amide bonds. The van der Waals surface area contributed by atoms with Crippen molar-refractivity contribution in [3.05, 3.63) is 117 Å². The lowest BCUT2D eigenvalue weighted by Gasteiger charge is -2.36. The van der Waals surface area contributed by atoms with Gasteiger partial charge in [0.25, 0.3) is 0 Å². The Balaban J connectivity index is 2.02. The van der Waals surface area contributed by atoms with Crippen LogP contribution in [-0.4, -0.2) is 40.4 Å². The molecule has 0 bridgehead atoms. The van der Waals surface area contributed by atoms with Crippen LogP contribution in [0.3, 0.4) is 0 Å². The van der Waals surface area contributed by atoms with Gasteiger partial charge >= 0.3 is 11.9 Å². The fourth-order valence-corrected chi connectivity index (χ4v) is 7.13. The molecule has 47 heavy (non-hydrogen) atoms. The van der Waals surface area contributed by atoms with E-state index in [-0.39, 0.29) is 5.41 Å². The van der Waals surface area contributed by atoms with Crippen molar-refractivity contribution in [2.45, 2.75) is 70.6 Å². The Labute approximate surface area is 279 Å². The number of esters is 2. The van der Waals surface area contributed by atoms with E-state index < -0.39 is 17.4 Å². The number of carbonyl (C=O) groups excluding carboxylic acids is 2. The van der Waals surface area contributed by atoms with Gasteiger partial charge in [-0.05, 0) is 99.4 Å². The first-order valence-corrected chi connectivity index (χ1v) is 16.4. The number of fused-ring (bicyclic) bond motifs is 3. The van der Waals surface area contributed by atoms with Crippen LogP contribution in [-0.2, 0) is 20.3 Å². The van der Waals surface area contributed by atoms with Crippen LogP contribution in [0, 0.1) is 0 Å². The highest BCUT2D eigenvalue weighted by Crippen LogP contribution is 2.58. The fourth-order valence-electron chi connectivity index (χ4n) is 7.13. The SMILES string of the molecule is CCC(C)c1ccc2c(c1)C(c1ccc(OC)c(C(=O)OC)c1)(c1ccc(OC)c(C(=O)OC)c1)c1cc(C(C)(CC)CC)ccc1-2. The number of carbonyl (C=O) groups is 2. The van der Waals surface area contributed by atoms with Gasteiger partial charge in [-0.1, -0.05) is 83.1 Å². The molecule has 0 saturated carbocycles. The molecule has 6 nitrogen and oxygen atoms in total. The topological polar surface area (TPSA) is 71.1 Å². The zero-order valence-corrected chi connectivity index (χ0v) is 29.1. The maximum atomic E-state index is 13.2. The van der Waals surface area contributed by atoms with E-state index in [2.05, 4.69) is 71.0 Å². The lowest BCUT2D eigenvalue weighted by molar-refractivity contribution is 0.0588. The molecule has 0 fully saturated rings. The van der Waals surface area contributed by atoms with Crippen LogP contribution >= 0.6 is 0 Å². The van der Waals surface area contributed by atoms with Gasteiger partial charge < -0.3 is 18.9 Å². The lowest BCUT2D eigenvalue weighted by atomic mass is 9.65. The molecule has 1 aliphatic rings. The highest BCUT2D eigenvalue weighted by atomic mass is 16.5. The zero-order valence-electron chi connectivity index (χ0n) is 29.1. The van der Waals surface area contributed by atoms with Gasteiger partial charge in [-0.2, -0.15) is 0 Å². The van der Waals surface area contributed by atoms with Gasteiger partial charge in [-0.3, -0.25) is 0 Å². The summed E-state index contributed by atoms with van der Waals surface area (Å²) in [7, 11) is 5.84. The molecule has 6 heteroatoms. The molecule has 5 rings (SSSR count). The third-order valence-corrected chi connectivity index (χ3v) is 10.7. The smallest absolute Gasteiger partial charge is 0.341 e. The molecule has 4 aromatic rings. The zero-order chi connectivity index (χ0) is 34.1. The summed E-state index contributed by atoms with van der Waals surface area (Å²) in [5.41, 5.74) is 8.24. The monoisotopic (exact) mass is 634 g/mol. The number of methoxy groups -OCH3 is 4. The van der Waals surface area contributed by atoms with Crippen molar-refractivity contribution in [1.82, 2.24) is 0 Å². The Morgan fingerprint density at radius 1 is 0.681 bits per heavy atom. The van der Waals surface area contributed by atoms with Crippen molar-refractivity contribution in [3.63, 3.8) is 0 Å². The molecule has 246 valence electrons. The first-order chi connectivity index (χ1) is 22.6. The largest absolute Gasteiger partial charge is 0.496 e. The van der Waals surface area contributed by atoms with E-state index >= 15 is 0 Å². The average Bonchev–Trinajstić information content (AvgIpc) is 3.42. The van der Waals surface area contributed by atoms with Crippen LogP contribution in [0.5, 0.6) is 11.5 Å². The number of rotatable bonds is 11. The number of hydrogen-bond acceptors (Lipinski definition) is 6. The first kappa shape index (κ1) is 33.8. The lowest BCUT2D eigenvalue weighted by Crippen LogP contribution is -2.30. The summed E-state index contributed by atoms with van der Waals surface area (Å²) in [6, 6.07) is 25.1. The average molecular weight is 635 g/mol. The summed E-state index contributed by atoms with van der Waals surface area (Å²) in [4.78, 5) is 26.4. The molecule has 1 aliphatic carbocycles. The predicted molar refractivity (Wildman–Crippen MR) is 186 cm³/mol. The summed E-state index contributed by atoms with van der Waals surface area (Å²) < 4.78 is 21.7. The van der Waals surface area contributed by atoms with E-state index in [4.69, 9.17) is 18.9 Å². The Kier molecular flexibility index (Phi) is 9.53. The Morgan fingerprint density at radius 2 is 1.17 bits per heavy atom. The predicted octanol–water partition coefficient (Wildman–Crippen LogP) is 9.23. The van der Waals surface area contributed by atoms with E-state index in [1.54, 1.807) is 14.2 Å². The van der Waals surface area contributed by atoms with Gasteiger partial charge in [0.15, 0.2) is 0 Å². The van der Waals surface area contributed by atoms with Crippen LogP contribution in [0.15, 0.2) is 72.8 Å². The highest BCUT2D eigenvalue weighted by Gasteiger charge is 2.48. The molecule has 1 unspecified atom stereocenters. The number of ether oxygens (including phenoxy) is 4. The van der Waals surface area contributed by atoms with E-state index in [9.17, 15) is 9.59 Å². The molecule has 0 aromatic heterocycles. The van der Waals surface area contributed by atoms with Crippen molar-refractivity contribution in [2.75, 3.05) is 28.4 Å². The molecular weight excluding hydrogens is 588 g/mol. The van der Waals surface area contributed by atoms with Gasteiger partial charge in [-0.15, -0.1) is 0 Å². The molecular formula is C41H46O6. The quantitative estimate of drug-likeness (QED) is 0.135. The molecule has 4 aromatic carbocycles. The van der Waals surface area contributed by atoms with E-state index in [0.717, 1.165) is 52.6 Å². The first-order valence-electron chi connectivity index (χ1n) is 16.4. The maximum Gasteiger partial charge on any atom is 0.341 e. The fraction of sp³-hybridized carbons (Fsp3) is 0.366. The van der Waals surface area contributed by atoms with Crippen molar-refractivity contribution in [1.29, 1.82) is 0 Å². The van der Waals surface area contributed by atoms with Gasteiger partial charge in [-0.25, -0.2) is 9.59 Å². The number of hydrogen-bond donors (Lipinski definition) is 0. The van der Waals surface area contributed by atoms with Gasteiger partial charge in [0, 0.05) is 0 Å². The minimum absolute atomic E-state index is 0.0500. The molecule has 0 saturated heterocycles. The van der Waals surface area contributed by atoms with Crippen LogP contribution in [0.2, 0.25) is 0 Å². The van der Waals surface area contributed by atoms with Crippen molar-refractivity contribution < 1.29 is 28.5 Å². The second kappa shape index (κ2) is 13.3. The molecule has 0 aliphatic heterocycles. The van der Waals surface area contributed by atoms with E-state index in [0.29, 0.717) is 28.5 Å². The van der Waals surface area contributed by atoms with Crippen LogP contribution in [0.25, 0.3) is 11.1 Å². The normalized spacial score (nSPS) is 13.7. The van der Waals surface area contributed by atoms with E-state index in [1.807, 2.05) is 36.4 Å². The van der Waals surface area contributed by atoms with Crippen LogP contribution in [0.1, 0.15) is 114 Å². The molecule has 0 heterocycles. The third kappa shape index (κ3) is 5.38. The Hall–Kier alpha value is -4.58. The minimum Gasteiger partial charge on any atom is -0.496 e. The molecule has 0 radical (unpaired) electrons. The van der Waals surface area contributed by atoms with E-state index in [1.165, 1.54) is 25.3 Å². The van der Waals surface area contributed by atoms with Crippen LogP contribution in [0.4, 0.5) is 0 Å². The molecule has 0 N–H and O–H groups in total. The van der Waals surface area contributed by atoms with Crippen molar-refractivity contribution >= 4 is 11.9 Å². The summed E-state index contributed by atoms with van der Waals surface area (Å²) in [5.74, 6) is 0.184. The summed E-state index contributed by atoms with van der Waals surface area (Å²) in [5, 5.41) is 0. The van der Waals surface area contributed by atoms with Crippen molar-refractivity contribution in [3.8, 4) is 22.6 Å². The second-order valence-corrected chi connectivity index (χ2v) is 12.7. The minimum atomic E-state index is -0.920. The molecule has 0 spiro atoms. The second-order valence-electron chi connectivity index (χ2n) is 12.7. The summed E-state index contributed by atoms with van der Waals surface area (Å²) >= 11 is 0. The summed E-state index contributed by atoms with van der Waals surface area (Å²) in [6.45, 7) is 11.2. The van der Waals surface area contributed by atoms with Gasteiger partial charge in [0.1, 0.15) is 22.6 Å².